The Kier molecular flexibility index (Phi) is 5.33. The van der Waals surface area contributed by atoms with Crippen LogP contribution in [0.2, 0.25) is 0 Å². The molecular formula is C19H16N2O2S. The average Bonchev–Trinajstić information content (AvgIpc) is 3.11. The van der Waals surface area contributed by atoms with Crippen LogP contribution >= 0.6 is 11.3 Å². The Morgan fingerprint density at radius 3 is 2.79 bits per heavy atom. The number of thiophene rings is 1. The quantitative estimate of drug-likeness (QED) is 0.705. The second kappa shape index (κ2) is 8.04. The van der Waals surface area contributed by atoms with Crippen molar-refractivity contribution in [3.05, 3.63) is 60.0 Å². The van der Waals surface area contributed by atoms with Crippen LogP contribution in [-0.2, 0) is 0 Å². The SMILES string of the molecule is O=C(NCC#CCOc1cccc2ccccc12)Nc1cccs1. The fourth-order valence-corrected chi connectivity index (χ4v) is 2.79. The molecule has 4 nitrogen and oxygen atoms in total. The van der Waals surface area contributed by atoms with Crippen LogP contribution in [-0.4, -0.2) is 19.2 Å². The highest BCUT2D eigenvalue weighted by Crippen LogP contribution is 2.24. The van der Waals surface area contributed by atoms with Gasteiger partial charge in [-0.3, -0.25) is 5.32 Å². The van der Waals surface area contributed by atoms with E-state index in [2.05, 4.69) is 22.5 Å². The Morgan fingerprint density at radius 1 is 1.04 bits per heavy atom. The van der Waals surface area contributed by atoms with Gasteiger partial charge in [0, 0.05) is 5.39 Å². The maximum absolute atomic E-state index is 11.6. The lowest BCUT2D eigenvalue weighted by Gasteiger charge is -2.06. The van der Waals surface area contributed by atoms with E-state index in [9.17, 15) is 4.79 Å². The maximum atomic E-state index is 11.6. The molecule has 0 atom stereocenters. The van der Waals surface area contributed by atoms with E-state index in [1.807, 2.05) is 60.0 Å². The van der Waals surface area contributed by atoms with Gasteiger partial charge < -0.3 is 10.1 Å². The Bertz CT molecular complexity index is 874. The molecule has 0 fully saturated rings. The number of anilines is 1. The summed E-state index contributed by atoms with van der Waals surface area (Å²) >= 11 is 1.47. The van der Waals surface area contributed by atoms with Crippen molar-refractivity contribution in [2.45, 2.75) is 0 Å². The Labute approximate surface area is 144 Å². The molecule has 2 aromatic carbocycles. The van der Waals surface area contributed by atoms with E-state index in [0.717, 1.165) is 21.5 Å². The maximum Gasteiger partial charge on any atom is 0.320 e. The zero-order valence-electron chi connectivity index (χ0n) is 12.9. The molecule has 1 heterocycles. The number of carbonyl (C=O) groups is 1. The van der Waals surface area contributed by atoms with Crippen LogP contribution in [0, 0.1) is 11.8 Å². The molecule has 0 aliphatic heterocycles. The number of fused-ring (bicyclic) bond motifs is 1. The van der Waals surface area contributed by atoms with E-state index >= 15 is 0 Å². The minimum atomic E-state index is -0.262. The molecular weight excluding hydrogens is 320 g/mol. The molecule has 0 spiro atoms. The Hall–Kier alpha value is -2.97. The normalized spacial score (nSPS) is 9.83. The third-order valence-corrected chi connectivity index (χ3v) is 4.06. The van der Waals surface area contributed by atoms with Crippen LogP contribution in [0.1, 0.15) is 0 Å². The van der Waals surface area contributed by atoms with E-state index in [4.69, 9.17) is 4.74 Å². The molecule has 0 radical (unpaired) electrons. The van der Waals surface area contributed by atoms with Crippen molar-refractivity contribution in [2.75, 3.05) is 18.5 Å². The average molecular weight is 336 g/mol. The molecule has 24 heavy (non-hydrogen) atoms. The minimum absolute atomic E-state index is 0.262. The van der Waals surface area contributed by atoms with Gasteiger partial charge in [-0.1, -0.05) is 48.2 Å². The molecule has 0 unspecified atom stereocenters. The minimum Gasteiger partial charge on any atom is -0.480 e. The molecule has 0 aliphatic rings. The Balaban J connectivity index is 1.45. The van der Waals surface area contributed by atoms with Gasteiger partial charge in [-0.2, -0.15) is 0 Å². The second-order valence-electron chi connectivity index (χ2n) is 4.90. The fourth-order valence-electron chi connectivity index (χ4n) is 2.18. The highest BCUT2D eigenvalue weighted by atomic mass is 32.1. The molecule has 0 aliphatic carbocycles. The van der Waals surface area contributed by atoms with Crippen molar-refractivity contribution >= 4 is 33.1 Å². The summed E-state index contributed by atoms with van der Waals surface area (Å²) in [5.74, 6) is 6.58. The summed E-state index contributed by atoms with van der Waals surface area (Å²) in [7, 11) is 0. The van der Waals surface area contributed by atoms with Gasteiger partial charge in [0.15, 0.2) is 0 Å². The largest absolute Gasteiger partial charge is 0.480 e. The number of amides is 2. The number of hydrogen-bond donors (Lipinski definition) is 2. The van der Waals surface area contributed by atoms with Crippen molar-refractivity contribution < 1.29 is 9.53 Å². The number of nitrogens with one attached hydrogen (secondary N) is 2. The van der Waals surface area contributed by atoms with Crippen LogP contribution in [0.25, 0.3) is 10.8 Å². The first kappa shape index (κ1) is 15.9. The summed E-state index contributed by atoms with van der Waals surface area (Å²) in [5.41, 5.74) is 0. The highest BCUT2D eigenvalue weighted by molar-refractivity contribution is 7.14. The lowest BCUT2D eigenvalue weighted by molar-refractivity contribution is 0.253. The van der Waals surface area contributed by atoms with Crippen molar-refractivity contribution in [2.24, 2.45) is 0 Å². The first-order valence-electron chi connectivity index (χ1n) is 7.47. The van der Waals surface area contributed by atoms with E-state index in [-0.39, 0.29) is 19.2 Å². The van der Waals surface area contributed by atoms with Crippen molar-refractivity contribution in [3.8, 4) is 17.6 Å². The van der Waals surface area contributed by atoms with E-state index < -0.39 is 0 Å². The summed E-state index contributed by atoms with van der Waals surface area (Å²) in [5, 5.41) is 10.3. The number of carbonyl (C=O) groups excluding carboxylic acids is 1. The fraction of sp³-hybridized carbons (Fsp3) is 0.105. The van der Waals surface area contributed by atoms with Gasteiger partial charge in [0.05, 0.1) is 11.5 Å². The molecule has 1 aromatic heterocycles. The molecule has 2 amide bonds. The zero-order chi connectivity index (χ0) is 16.6. The number of urea groups is 1. The summed E-state index contributed by atoms with van der Waals surface area (Å²) in [6.07, 6.45) is 0. The smallest absolute Gasteiger partial charge is 0.320 e. The van der Waals surface area contributed by atoms with Crippen LogP contribution in [0.3, 0.4) is 0 Å². The standard InChI is InChI=1S/C19H16N2O2S/c22-19(21-18-11-6-14-24-18)20-12-3-4-13-23-17-10-5-8-15-7-1-2-9-16(15)17/h1-2,5-11,14H,12-13H2,(H2,20,21,22). The first-order chi connectivity index (χ1) is 11.8. The van der Waals surface area contributed by atoms with Gasteiger partial charge in [0.2, 0.25) is 0 Å². The van der Waals surface area contributed by atoms with Gasteiger partial charge in [-0.15, -0.1) is 11.3 Å². The van der Waals surface area contributed by atoms with Gasteiger partial charge in [0.25, 0.3) is 0 Å². The van der Waals surface area contributed by atoms with Gasteiger partial charge in [-0.05, 0) is 29.0 Å². The molecule has 0 saturated heterocycles. The molecule has 3 aromatic rings. The molecule has 3 rings (SSSR count). The summed E-state index contributed by atoms with van der Waals surface area (Å²) in [6.45, 7) is 0.554. The van der Waals surface area contributed by atoms with Gasteiger partial charge >= 0.3 is 6.03 Å². The monoisotopic (exact) mass is 336 g/mol. The number of ether oxygens (including phenoxy) is 1. The Morgan fingerprint density at radius 2 is 1.92 bits per heavy atom. The lowest BCUT2D eigenvalue weighted by Crippen LogP contribution is -2.28. The van der Waals surface area contributed by atoms with Crippen molar-refractivity contribution in [3.63, 3.8) is 0 Å². The molecule has 0 saturated carbocycles. The molecule has 2 N–H and O–H groups in total. The van der Waals surface area contributed by atoms with E-state index in [1.54, 1.807) is 0 Å². The summed E-state index contributed by atoms with van der Waals surface area (Å²) in [4.78, 5) is 11.6. The second-order valence-corrected chi connectivity index (χ2v) is 5.85. The molecule has 0 bridgehead atoms. The first-order valence-corrected chi connectivity index (χ1v) is 8.35. The van der Waals surface area contributed by atoms with E-state index in [1.165, 1.54) is 11.3 Å². The molecule has 5 heteroatoms. The van der Waals surface area contributed by atoms with Crippen LogP contribution in [0.5, 0.6) is 5.75 Å². The van der Waals surface area contributed by atoms with Crippen molar-refractivity contribution in [1.82, 2.24) is 5.32 Å². The lowest BCUT2D eigenvalue weighted by atomic mass is 10.1. The van der Waals surface area contributed by atoms with Crippen LogP contribution in [0.15, 0.2) is 60.0 Å². The predicted octanol–water partition coefficient (Wildman–Crippen LogP) is 4.11. The van der Waals surface area contributed by atoms with E-state index in [0.29, 0.717) is 0 Å². The highest BCUT2D eigenvalue weighted by Gasteiger charge is 2.00. The van der Waals surface area contributed by atoms with Crippen molar-refractivity contribution in [1.29, 1.82) is 0 Å². The number of rotatable bonds is 4. The zero-order valence-corrected chi connectivity index (χ0v) is 13.7. The number of benzene rings is 2. The third-order valence-electron chi connectivity index (χ3n) is 3.27. The van der Waals surface area contributed by atoms with Gasteiger partial charge in [-0.25, -0.2) is 4.79 Å². The number of hydrogen-bond acceptors (Lipinski definition) is 3. The van der Waals surface area contributed by atoms with Gasteiger partial charge in [0.1, 0.15) is 12.4 Å². The molecule has 120 valence electrons. The summed E-state index contributed by atoms with van der Waals surface area (Å²) < 4.78 is 5.71. The third kappa shape index (κ3) is 4.28. The topological polar surface area (TPSA) is 50.4 Å². The predicted molar refractivity (Wildman–Crippen MR) is 98.6 cm³/mol. The van der Waals surface area contributed by atoms with Crippen LogP contribution in [0.4, 0.5) is 9.80 Å². The summed E-state index contributed by atoms with van der Waals surface area (Å²) in [6, 6.07) is 17.4. The van der Waals surface area contributed by atoms with Crippen LogP contribution < -0.4 is 15.4 Å².